The van der Waals surface area contributed by atoms with E-state index in [0.29, 0.717) is 11.8 Å². The third kappa shape index (κ3) is 3.80. The lowest BCUT2D eigenvalue weighted by Crippen LogP contribution is -2.05. The van der Waals surface area contributed by atoms with Crippen LogP contribution in [0, 0.1) is 0 Å². The third-order valence-corrected chi connectivity index (χ3v) is 2.93. The van der Waals surface area contributed by atoms with E-state index in [0.717, 1.165) is 17.9 Å². The van der Waals surface area contributed by atoms with E-state index in [1.54, 1.807) is 6.20 Å². The maximum Gasteiger partial charge on any atom is 0.219 e. The Kier molecular flexibility index (Phi) is 4.53. The van der Waals surface area contributed by atoms with Gasteiger partial charge in [-0.05, 0) is 42.3 Å². The van der Waals surface area contributed by atoms with Gasteiger partial charge in [-0.15, -0.1) is 0 Å². The van der Waals surface area contributed by atoms with Crippen LogP contribution in [0.4, 0.5) is 0 Å². The number of hydrogen-bond acceptors (Lipinski definition) is 3. The summed E-state index contributed by atoms with van der Waals surface area (Å²) >= 11 is 0. The molecule has 0 amide bonds. The minimum Gasteiger partial charge on any atom is -0.439 e. The molecule has 0 saturated carbocycles. The van der Waals surface area contributed by atoms with Gasteiger partial charge >= 0.3 is 0 Å². The van der Waals surface area contributed by atoms with Crippen LogP contribution in [-0.2, 0) is 6.54 Å². The summed E-state index contributed by atoms with van der Waals surface area (Å²) < 4.78 is 5.82. The molecule has 2 aromatic rings. The van der Waals surface area contributed by atoms with Crippen LogP contribution in [0.15, 0.2) is 42.6 Å². The molecule has 3 nitrogen and oxygen atoms in total. The summed E-state index contributed by atoms with van der Waals surface area (Å²) in [5, 5.41) is 3.12. The second-order valence-corrected chi connectivity index (χ2v) is 4.86. The molecule has 0 spiro atoms. The van der Waals surface area contributed by atoms with Crippen LogP contribution in [0.2, 0.25) is 0 Å². The van der Waals surface area contributed by atoms with Crippen LogP contribution in [0.3, 0.4) is 0 Å². The Hall–Kier alpha value is -1.87. The standard InChI is InChI=1S/C16H20N2O/c1-12(2)14-5-4-6-15(10-14)19-16-9-13(11-17-3)7-8-18-16/h4-10,12,17H,11H2,1-3H3. The van der Waals surface area contributed by atoms with Crippen molar-refractivity contribution in [1.29, 1.82) is 0 Å². The Morgan fingerprint density at radius 1 is 1.21 bits per heavy atom. The van der Waals surface area contributed by atoms with E-state index < -0.39 is 0 Å². The Morgan fingerprint density at radius 3 is 2.79 bits per heavy atom. The number of hydrogen-bond donors (Lipinski definition) is 1. The molecule has 1 aromatic heterocycles. The van der Waals surface area contributed by atoms with E-state index in [9.17, 15) is 0 Å². The Labute approximate surface area is 114 Å². The first-order chi connectivity index (χ1) is 9.19. The molecule has 0 unspecified atom stereocenters. The fraction of sp³-hybridized carbons (Fsp3) is 0.312. The summed E-state index contributed by atoms with van der Waals surface area (Å²) in [6, 6.07) is 12.1. The quantitative estimate of drug-likeness (QED) is 0.885. The Balaban J connectivity index is 2.16. The van der Waals surface area contributed by atoms with Crippen LogP contribution >= 0.6 is 0 Å². The van der Waals surface area contributed by atoms with Crippen molar-refractivity contribution in [3.63, 3.8) is 0 Å². The molecule has 0 bridgehead atoms. The van der Waals surface area contributed by atoms with Crippen molar-refractivity contribution in [2.24, 2.45) is 0 Å². The summed E-state index contributed by atoms with van der Waals surface area (Å²) in [4.78, 5) is 4.24. The first-order valence-electron chi connectivity index (χ1n) is 6.56. The number of nitrogens with zero attached hydrogens (tertiary/aromatic N) is 1. The highest BCUT2D eigenvalue weighted by Crippen LogP contribution is 2.24. The molecule has 2 rings (SSSR count). The number of pyridine rings is 1. The fourth-order valence-electron chi connectivity index (χ4n) is 1.88. The van der Waals surface area contributed by atoms with Crippen molar-refractivity contribution >= 4 is 0 Å². The predicted molar refractivity (Wildman–Crippen MR) is 77.6 cm³/mol. The summed E-state index contributed by atoms with van der Waals surface area (Å²) in [5.74, 6) is 1.96. The molecule has 1 aromatic carbocycles. The second kappa shape index (κ2) is 6.34. The zero-order valence-electron chi connectivity index (χ0n) is 11.7. The van der Waals surface area contributed by atoms with Gasteiger partial charge in [-0.3, -0.25) is 0 Å². The minimum absolute atomic E-state index is 0.493. The molecule has 0 atom stereocenters. The molecule has 0 aliphatic rings. The molecule has 0 aliphatic carbocycles. The van der Waals surface area contributed by atoms with Crippen LogP contribution in [0.5, 0.6) is 11.6 Å². The average molecular weight is 256 g/mol. The van der Waals surface area contributed by atoms with Gasteiger partial charge in [0.15, 0.2) is 0 Å². The molecule has 0 saturated heterocycles. The highest BCUT2D eigenvalue weighted by molar-refractivity contribution is 5.33. The smallest absolute Gasteiger partial charge is 0.219 e. The van der Waals surface area contributed by atoms with Crippen LogP contribution in [0.25, 0.3) is 0 Å². The van der Waals surface area contributed by atoms with Crippen molar-refractivity contribution in [2.45, 2.75) is 26.3 Å². The second-order valence-electron chi connectivity index (χ2n) is 4.86. The molecule has 1 heterocycles. The largest absolute Gasteiger partial charge is 0.439 e. The maximum atomic E-state index is 5.82. The van der Waals surface area contributed by atoms with E-state index in [-0.39, 0.29) is 0 Å². The van der Waals surface area contributed by atoms with Crippen molar-refractivity contribution in [3.8, 4) is 11.6 Å². The van der Waals surface area contributed by atoms with Gasteiger partial charge in [-0.1, -0.05) is 26.0 Å². The molecule has 100 valence electrons. The van der Waals surface area contributed by atoms with Crippen molar-refractivity contribution in [3.05, 3.63) is 53.7 Å². The number of ether oxygens (including phenoxy) is 1. The number of benzene rings is 1. The van der Waals surface area contributed by atoms with Crippen molar-refractivity contribution in [1.82, 2.24) is 10.3 Å². The monoisotopic (exact) mass is 256 g/mol. The van der Waals surface area contributed by atoms with Crippen molar-refractivity contribution < 1.29 is 4.74 Å². The van der Waals surface area contributed by atoms with Crippen LogP contribution in [0.1, 0.15) is 30.9 Å². The number of rotatable bonds is 5. The van der Waals surface area contributed by atoms with Gasteiger partial charge in [0.25, 0.3) is 0 Å². The molecule has 0 aliphatic heterocycles. The first kappa shape index (κ1) is 13.6. The van der Waals surface area contributed by atoms with E-state index >= 15 is 0 Å². The number of aromatic nitrogens is 1. The molecule has 0 radical (unpaired) electrons. The minimum atomic E-state index is 0.493. The molecule has 0 fully saturated rings. The summed E-state index contributed by atoms with van der Waals surface area (Å²) in [6.45, 7) is 5.15. The van der Waals surface area contributed by atoms with Gasteiger partial charge < -0.3 is 10.1 Å². The number of nitrogens with one attached hydrogen (secondary N) is 1. The highest BCUT2D eigenvalue weighted by atomic mass is 16.5. The normalized spacial score (nSPS) is 10.7. The zero-order chi connectivity index (χ0) is 13.7. The Bertz CT molecular complexity index is 538. The summed E-state index contributed by atoms with van der Waals surface area (Å²) in [5.41, 5.74) is 2.43. The van der Waals surface area contributed by atoms with Crippen LogP contribution < -0.4 is 10.1 Å². The topological polar surface area (TPSA) is 34.2 Å². The maximum absolute atomic E-state index is 5.82. The van der Waals surface area contributed by atoms with Gasteiger partial charge in [0.05, 0.1) is 0 Å². The van der Waals surface area contributed by atoms with Gasteiger partial charge in [0.2, 0.25) is 5.88 Å². The lowest BCUT2D eigenvalue weighted by molar-refractivity contribution is 0.461. The lowest BCUT2D eigenvalue weighted by Gasteiger charge is -2.09. The fourth-order valence-corrected chi connectivity index (χ4v) is 1.88. The summed E-state index contributed by atoms with van der Waals surface area (Å²) in [7, 11) is 1.92. The molecular formula is C16H20N2O. The van der Waals surface area contributed by atoms with Gasteiger partial charge in [0.1, 0.15) is 5.75 Å². The highest BCUT2D eigenvalue weighted by Gasteiger charge is 2.03. The summed E-state index contributed by atoms with van der Waals surface area (Å²) in [6.07, 6.45) is 1.77. The van der Waals surface area contributed by atoms with E-state index in [4.69, 9.17) is 4.74 Å². The van der Waals surface area contributed by atoms with E-state index in [2.05, 4.69) is 36.3 Å². The third-order valence-electron chi connectivity index (χ3n) is 2.93. The van der Waals surface area contributed by atoms with E-state index in [1.807, 2.05) is 31.3 Å². The molecule has 1 N–H and O–H groups in total. The SMILES string of the molecule is CNCc1ccnc(Oc2cccc(C(C)C)c2)c1. The van der Waals surface area contributed by atoms with Crippen molar-refractivity contribution in [2.75, 3.05) is 7.05 Å². The molecule has 19 heavy (non-hydrogen) atoms. The van der Waals surface area contributed by atoms with Crippen LogP contribution in [-0.4, -0.2) is 12.0 Å². The average Bonchev–Trinajstić information content (AvgIpc) is 2.40. The Morgan fingerprint density at radius 2 is 2.05 bits per heavy atom. The molecule has 3 heteroatoms. The van der Waals surface area contributed by atoms with Gasteiger partial charge in [-0.25, -0.2) is 4.98 Å². The predicted octanol–water partition coefficient (Wildman–Crippen LogP) is 3.72. The molecular weight excluding hydrogens is 236 g/mol. The first-order valence-corrected chi connectivity index (χ1v) is 6.56. The lowest BCUT2D eigenvalue weighted by atomic mass is 10.0. The van der Waals surface area contributed by atoms with Gasteiger partial charge in [0, 0.05) is 18.8 Å². The van der Waals surface area contributed by atoms with Gasteiger partial charge in [-0.2, -0.15) is 0 Å². The van der Waals surface area contributed by atoms with E-state index in [1.165, 1.54) is 5.56 Å². The zero-order valence-corrected chi connectivity index (χ0v) is 11.7.